The molecule has 60 valence electrons. The van der Waals surface area contributed by atoms with Gasteiger partial charge in [0.25, 0.3) is 0 Å². The first kappa shape index (κ1) is 10.4. The van der Waals surface area contributed by atoms with Crippen molar-refractivity contribution in [3.05, 3.63) is 11.6 Å². The molecule has 1 N–H and O–H groups in total. The highest BCUT2D eigenvalue weighted by atomic mass is 127. The van der Waals surface area contributed by atoms with Crippen LogP contribution in [0.4, 0.5) is 0 Å². The molecule has 0 aromatic carbocycles. The second-order valence-electron chi connectivity index (χ2n) is 2.16. The van der Waals surface area contributed by atoms with E-state index in [9.17, 15) is 0 Å². The fraction of sp³-hybridized carbons (Fsp3) is 0.750. The lowest BCUT2D eigenvalue weighted by molar-refractivity contribution is 0.794. The van der Waals surface area contributed by atoms with Crippen molar-refractivity contribution in [2.75, 3.05) is 17.5 Å². The van der Waals surface area contributed by atoms with Gasteiger partial charge < -0.3 is 5.32 Å². The Morgan fingerprint density at radius 2 is 2.20 bits per heavy atom. The summed E-state index contributed by atoms with van der Waals surface area (Å²) in [4.78, 5) is 0. The highest BCUT2D eigenvalue weighted by Crippen LogP contribution is 2.03. The topological polar surface area (TPSA) is 12.0 Å². The number of alkyl halides is 1. The van der Waals surface area contributed by atoms with Crippen LogP contribution in [-0.4, -0.2) is 17.5 Å². The van der Waals surface area contributed by atoms with Gasteiger partial charge in [0, 0.05) is 11.0 Å². The Kier molecular flexibility index (Phi) is 7.86. The van der Waals surface area contributed by atoms with Gasteiger partial charge in [-0.2, -0.15) is 0 Å². The summed E-state index contributed by atoms with van der Waals surface area (Å²) in [5.74, 6) is 0. The van der Waals surface area contributed by atoms with Gasteiger partial charge in [-0.15, -0.1) is 0 Å². The number of halogens is 1. The van der Waals surface area contributed by atoms with E-state index in [1.54, 1.807) is 5.57 Å². The Hall–Kier alpha value is 0.430. The monoisotopic (exact) mass is 253 g/mol. The average Bonchev–Trinajstić information content (AvgIpc) is 1.99. The molecule has 0 bridgehead atoms. The van der Waals surface area contributed by atoms with E-state index < -0.39 is 0 Å². The van der Waals surface area contributed by atoms with Gasteiger partial charge in [0.05, 0.1) is 0 Å². The van der Waals surface area contributed by atoms with Gasteiger partial charge in [0.15, 0.2) is 0 Å². The number of likely N-dealkylation sites (N-methyl/N-ethyl adjacent to an activating group) is 1. The summed E-state index contributed by atoms with van der Waals surface area (Å²) in [6.07, 6.45) is 3.48. The molecule has 0 atom stereocenters. The minimum absolute atomic E-state index is 1.03. The van der Waals surface area contributed by atoms with Crippen molar-refractivity contribution in [1.29, 1.82) is 0 Å². The zero-order valence-corrected chi connectivity index (χ0v) is 8.94. The van der Waals surface area contributed by atoms with Gasteiger partial charge in [-0.05, 0) is 13.0 Å². The van der Waals surface area contributed by atoms with Crippen LogP contribution in [0.1, 0.15) is 20.3 Å². The summed E-state index contributed by atoms with van der Waals surface area (Å²) >= 11 is 2.41. The van der Waals surface area contributed by atoms with E-state index >= 15 is 0 Å². The van der Waals surface area contributed by atoms with Crippen molar-refractivity contribution in [2.24, 2.45) is 0 Å². The van der Waals surface area contributed by atoms with E-state index in [1.807, 2.05) is 0 Å². The Morgan fingerprint density at radius 1 is 1.50 bits per heavy atom. The Labute approximate surface area is 77.4 Å². The molecule has 0 aliphatic carbocycles. The van der Waals surface area contributed by atoms with Gasteiger partial charge in [-0.1, -0.05) is 48.1 Å². The van der Waals surface area contributed by atoms with Crippen LogP contribution in [0.2, 0.25) is 0 Å². The maximum absolute atomic E-state index is 3.27. The molecule has 0 spiro atoms. The van der Waals surface area contributed by atoms with E-state index in [-0.39, 0.29) is 0 Å². The summed E-state index contributed by atoms with van der Waals surface area (Å²) in [6, 6.07) is 0. The SMILES string of the molecule is CCNC/C=C(/CC)CI. The van der Waals surface area contributed by atoms with Crippen LogP contribution in [0.25, 0.3) is 0 Å². The molecule has 0 aliphatic rings. The van der Waals surface area contributed by atoms with Crippen LogP contribution in [0.5, 0.6) is 0 Å². The van der Waals surface area contributed by atoms with Crippen molar-refractivity contribution in [3.63, 3.8) is 0 Å². The van der Waals surface area contributed by atoms with Crippen molar-refractivity contribution in [2.45, 2.75) is 20.3 Å². The first-order valence-corrected chi connectivity index (χ1v) is 5.32. The van der Waals surface area contributed by atoms with Gasteiger partial charge >= 0.3 is 0 Å². The molecule has 10 heavy (non-hydrogen) atoms. The van der Waals surface area contributed by atoms with E-state index in [0.717, 1.165) is 13.1 Å². The van der Waals surface area contributed by atoms with Crippen molar-refractivity contribution in [1.82, 2.24) is 5.32 Å². The lowest BCUT2D eigenvalue weighted by atomic mass is 10.2. The zero-order valence-electron chi connectivity index (χ0n) is 6.78. The van der Waals surface area contributed by atoms with Crippen LogP contribution >= 0.6 is 22.6 Å². The zero-order chi connectivity index (χ0) is 7.82. The largest absolute Gasteiger partial charge is 0.314 e. The molecule has 0 saturated heterocycles. The van der Waals surface area contributed by atoms with Crippen molar-refractivity contribution < 1.29 is 0 Å². The number of rotatable bonds is 5. The number of nitrogens with one attached hydrogen (secondary N) is 1. The fourth-order valence-corrected chi connectivity index (χ4v) is 1.51. The Bertz CT molecular complexity index is 93.4. The summed E-state index contributed by atoms with van der Waals surface area (Å²) in [5, 5.41) is 3.27. The molecule has 0 amide bonds. The van der Waals surface area contributed by atoms with Crippen molar-refractivity contribution in [3.8, 4) is 0 Å². The minimum Gasteiger partial charge on any atom is -0.314 e. The molecule has 0 aromatic rings. The number of hydrogen-bond acceptors (Lipinski definition) is 1. The highest BCUT2D eigenvalue weighted by molar-refractivity contribution is 14.1. The molecule has 0 aliphatic heterocycles. The molecular weight excluding hydrogens is 237 g/mol. The molecule has 0 heterocycles. The predicted molar refractivity (Wildman–Crippen MR) is 55.8 cm³/mol. The normalized spacial score (nSPS) is 12.1. The van der Waals surface area contributed by atoms with E-state index in [4.69, 9.17) is 0 Å². The second-order valence-corrected chi connectivity index (χ2v) is 2.92. The molecule has 0 aromatic heterocycles. The molecule has 0 saturated carbocycles. The first-order valence-electron chi connectivity index (χ1n) is 3.79. The summed E-state index contributed by atoms with van der Waals surface area (Å²) in [5.41, 5.74) is 1.54. The quantitative estimate of drug-likeness (QED) is 0.343. The molecule has 0 rings (SSSR count). The van der Waals surface area contributed by atoms with Crippen molar-refractivity contribution >= 4 is 22.6 Å². The van der Waals surface area contributed by atoms with E-state index in [2.05, 4.69) is 47.8 Å². The maximum Gasteiger partial charge on any atom is 0.0206 e. The second kappa shape index (κ2) is 7.54. The van der Waals surface area contributed by atoms with E-state index in [0.29, 0.717) is 0 Å². The lowest BCUT2D eigenvalue weighted by Crippen LogP contribution is -2.12. The average molecular weight is 253 g/mol. The highest BCUT2D eigenvalue weighted by Gasteiger charge is 1.87. The van der Waals surface area contributed by atoms with Crippen LogP contribution in [0.15, 0.2) is 11.6 Å². The molecule has 0 radical (unpaired) electrons. The molecule has 1 nitrogen and oxygen atoms in total. The summed E-state index contributed by atoms with van der Waals surface area (Å²) in [6.45, 7) is 6.43. The van der Waals surface area contributed by atoms with Gasteiger partial charge in [-0.3, -0.25) is 0 Å². The smallest absolute Gasteiger partial charge is 0.0206 e. The maximum atomic E-state index is 3.27. The Morgan fingerprint density at radius 3 is 2.60 bits per heavy atom. The van der Waals surface area contributed by atoms with Crippen LogP contribution in [-0.2, 0) is 0 Å². The van der Waals surface area contributed by atoms with Crippen LogP contribution in [0, 0.1) is 0 Å². The molecule has 0 fully saturated rings. The molecular formula is C8H16IN. The van der Waals surface area contributed by atoms with Gasteiger partial charge in [0.1, 0.15) is 0 Å². The third kappa shape index (κ3) is 5.23. The summed E-state index contributed by atoms with van der Waals surface area (Å²) < 4.78 is 1.17. The van der Waals surface area contributed by atoms with Crippen LogP contribution in [0.3, 0.4) is 0 Å². The fourth-order valence-electron chi connectivity index (χ4n) is 0.654. The third-order valence-electron chi connectivity index (χ3n) is 1.41. The van der Waals surface area contributed by atoms with Gasteiger partial charge in [0.2, 0.25) is 0 Å². The standard InChI is InChI=1S/C8H16IN/c1-3-8(7-9)5-6-10-4-2/h5,10H,3-4,6-7H2,1-2H3/b8-5-. The van der Waals surface area contributed by atoms with Crippen LogP contribution < -0.4 is 5.32 Å². The molecule has 0 unspecified atom stereocenters. The predicted octanol–water partition coefficient (Wildman–Crippen LogP) is 2.37. The first-order chi connectivity index (χ1) is 4.85. The Balaban J connectivity index is 3.43. The lowest BCUT2D eigenvalue weighted by Gasteiger charge is -1.99. The number of allylic oxidation sites excluding steroid dienone is 1. The van der Waals surface area contributed by atoms with E-state index in [1.165, 1.54) is 10.8 Å². The molecule has 2 heteroatoms. The third-order valence-corrected chi connectivity index (χ3v) is 2.39. The summed E-state index contributed by atoms with van der Waals surface area (Å²) in [7, 11) is 0. The van der Waals surface area contributed by atoms with Gasteiger partial charge in [-0.25, -0.2) is 0 Å². The minimum atomic E-state index is 1.03. The number of hydrogen-bond donors (Lipinski definition) is 1.